The standard InChI is InChI=1S/C21H22N2O2/c1-15-12-16(7-8-20(15)25-17-4-3-10-22-14-17)13-23-19-5-2-6-21-18(19)9-11-24-21/h3-4,7-12,14,19,23H,2,5-6,13H2,1H3. The van der Waals surface area contributed by atoms with Crippen LogP contribution in [0.5, 0.6) is 11.5 Å². The maximum Gasteiger partial charge on any atom is 0.145 e. The third-order valence-electron chi connectivity index (χ3n) is 4.71. The molecule has 0 spiro atoms. The SMILES string of the molecule is Cc1cc(CNC2CCCc3occc32)ccc1Oc1cccnc1. The molecule has 2 heterocycles. The number of ether oxygens (including phenoxy) is 1. The Morgan fingerprint density at radius 2 is 2.24 bits per heavy atom. The highest BCUT2D eigenvalue weighted by Gasteiger charge is 2.21. The van der Waals surface area contributed by atoms with Crippen LogP contribution < -0.4 is 10.1 Å². The zero-order chi connectivity index (χ0) is 17.1. The second kappa shape index (κ2) is 7.11. The van der Waals surface area contributed by atoms with Crippen molar-refractivity contribution >= 4 is 0 Å². The molecule has 1 aliphatic carbocycles. The first-order chi connectivity index (χ1) is 12.3. The molecular formula is C21H22N2O2. The number of fused-ring (bicyclic) bond motifs is 1. The van der Waals surface area contributed by atoms with Gasteiger partial charge in [0.25, 0.3) is 0 Å². The van der Waals surface area contributed by atoms with Crippen molar-refractivity contribution in [2.75, 3.05) is 0 Å². The summed E-state index contributed by atoms with van der Waals surface area (Å²) >= 11 is 0. The minimum atomic E-state index is 0.383. The van der Waals surface area contributed by atoms with E-state index in [1.807, 2.05) is 18.2 Å². The minimum absolute atomic E-state index is 0.383. The number of hydrogen-bond acceptors (Lipinski definition) is 4. The zero-order valence-corrected chi connectivity index (χ0v) is 14.4. The molecule has 0 bridgehead atoms. The maximum absolute atomic E-state index is 5.90. The van der Waals surface area contributed by atoms with E-state index in [4.69, 9.17) is 9.15 Å². The maximum atomic E-state index is 5.90. The van der Waals surface area contributed by atoms with Gasteiger partial charge in [0.1, 0.15) is 17.3 Å². The molecule has 4 rings (SSSR count). The number of benzene rings is 1. The van der Waals surface area contributed by atoms with Crippen LogP contribution in [0, 0.1) is 6.92 Å². The number of nitrogens with one attached hydrogen (secondary N) is 1. The quantitative estimate of drug-likeness (QED) is 0.718. The van der Waals surface area contributed by atoms with E-state index >= 15 is 0 Å². The largest absolute Gasteiger partial charge is 0.469 e. The Bertz CT molecular complexity index is 842. The Morgan fingerprint density at radius 3 is 3.08 bits per heavy atom. The van der Waals surface area contributed by atoms with Crippen LogP contribution in [-0.4, -0.2) is 4.98 Å². The van der Waals surface area contributed by atoms with Crippen LogP contribution in [0.2, 0.25) is 0 Å². The molecule has 1 atom stereocenters. The lowest BCUT2D eigenvalue weighted by Gasteiger charge is -2.23. The predicted molar refractivity (Wildman–Crippen MR) is 96.7 cm³/mol. The van der Waals surface area contributed by atoms with Gasteiger partial charge < -0.3 is 14.5 Å². The average molecular weight is 334 g/mol. The molecule has 0 radical (unpaired) electrons. The number of hydrogen-bond donors (Lipinski definition) is 1. The van der Waals surface area contributed by atoms with Crippen molar-refractivity contribution in [2.45, 2.75) is 38.8 Å². The monoisotopic (exact) mass is 334 g/mol. The molecule has 0 fully saturated rings. The molecule has 1 unspecified atom stereocenters. The van der Waals surface area contributed by atoms with Crippen LogP contribution in [-0.2, 0) is 13.0 Å². The summed E-state index contributed by atoms with van der Waals surface area (Å²) in [7, 11) is 0. The van der Waals surface area contributed by atoms with Gasteiger partial charge in [-0.15, -0.1) is 0 Å². The summed E-state index contributed by atoms with van der Waals surface area (Å²) < 4.78 is 11.5. The minimum Gasteiger partial charge on any atom is -0.469 e. The van der Waals surface area contributed by atoms with E-state index in [9.17, 15) is 0 Å². The summed E-state index contributed by atoms with van der Waals surface area (Å²) in [6, 6.07) is 12.6. The van der Waals surface area contributed by atoms with Crippen molar-refractivity contribution in [2.24, 2.45) is 0 Å². The summed E-state index contributed by atoms with van der Waals surface area (Å²) in [5.74, 6) is 2.76. The van der Waals surface area contributed by atoms with Gasteiger partial charge in [-0.3, -0.25) is 4.98 Å². The van der Waals surface area contributed by atoms with Crippen molar-refractivity contribution in [3.05, 3.63) is 77.5 Å². The highest BCUT2D eigenvalue weighted by atomic mass is 16.5. The van der Waals surface area contributed by atoms with Crippen molar-refractivity contribution in [3.8, 4) is 11.5 Å². The lowest BCUT2D eigenvalue weighted by molar-refractivity contribution is 0.410. The van der Waals surface area contributed by atoms with Crippen LogP contribution in [0.1, 0.15) is 41.3 Å². The van der Waals surface area contributed by atoms with Crippen molar-refractivity contribution in [1.82, 2.24) is 10.3 Å². The Morgan fingerprint density at radius 1 is 1.28 bits per heavy atom. The van der Waals surface area contributed by atoms with Crippen LogP contribution in [0.3, 0.4) is 0 Å². The van der Waals surface area contributed by atoms with Crippen LogP contribution in [0.15, 0.2) is 59.5 Å². The van der Waals surface area contributed by atoms with Gasteiger partial charge in [0, 0.05) is 30.8 Å². The molecule has 1 aromatic carbocycles. The zero-order valence-electron chi connectivity index (χ0n) is 14.4. The molecule has 25 heavy (non-hydrogen) atoms. The van der Waals surface area contributed by atoms with Gasteiger partial charge in [-0.2, -0.15) is 0 Å². The summed E-state index contributed by atoms with van der Waals surface area (Å²) in [6.07, 6.45) is 8.66. The molecule has 4 nitrogen and oxygen atoms in total. The molecule has 4 heteroatoms. The first-order valence-corrected chi connectivity index (χ1v) is 8.76. The first kappa shape index (κ1) is 15.9. The second-order valence-electron chi connectivity index (χ2n) is 6.52. The number of aryl methyl sites for hydroxylation is 2. The van der Waals surface area contributed by atoms with Gasteiger partial charge in [-0.25, -0.2) is 0 Å². The first-order valence-electron chi connectivity index (χ1n) is 8.76. The summed E-state index contributed by atoms with van der Waals surface area (Å²) in [4.78, 5) is 4.08. The van der Waals surface area contributed by atoms with Crippen molar-refractivity contribution < 1.29 is 9.15 Å². The topological polar surface area (TPSA) is 47.3 Å². The summed E-state index contributed by atoms with van der Waals surface area (Å²) in [6.45, 7) is 2.91. The third kappa shape index (κ3) is 3.59. The fourth-order valence-electron chi connectivity index (χ4n) is 3.41. The van der Waals surface area contributed by atoms with Gasteiger partial charge in [-0.1, -0.05) is 12.1 Å². The van der Waals surface area contributed by atoms with E-state index in [-0.39, 0.29) is 0 Å². The number of aromatic nitrogens is 1. The highest BCUT2D eigenvalue weighted by molar-refractivity contribution is 5.39. The van der Waals surface area contributed by atoms with Gasteiger partial charge in [0.15, 0.2) is 0 Å². The number of furan rings is 1. The van der Waals surface area contributed by atoms with Crippen LogP contribution >= 0.6 is 0 Å². The molecule has 128 valence electrons. The Labute approximate surface area is 147 Å². The van der Waals surface area contributed by atoms with Crippen molar-refractivity contribution in [1.29, 1.82) is 0 Å². The normalized spacial score (nSPS) is 16.4. The van der Waals surface area contributed by atoms with Crippen molar-refractivity contribution in [3.63, 3.8) is 0 Å². The Balaban J connectivity index is 1.42. The summed E-state index contributed by atoms with van der Waals surface area (Å²) in [5.41, 5.74) is 3.70. The van der Waals surface area contributed by atoms with Gasteiger partial charge >= 0.3 is 0 Å². The van der Waals surface area contributed by atoms with E-state index in [0.717, 1.165) is 42.2 Å². The number of nitrogens with zero attached hydrogens (tertiary/aromatic N) is 1. The molecule has 3 aromatic rings. The van der Waals surface area contributed by atoms with Gasteiger partial charge in [0.05, 0.1) is 12.5 Å². The third-order valence-corrected chi connectivity index (χ3v) is 4.71. The van der Waals surface area contributed by atoms with E-state index in [1.165, 1.54) is 17.5 Å². The van der Waals surface area contributed by atoms with E-state index in [0.29, 0.717) is 6.04 Å². The molecule has 0 saturated heterocycles. The molecule has 0 saturated carbocycles. The second-order valence-corrected chi connectivity index (χ2v) is 6.52. The fraction of sp³-hybridized carbons (Fsp3) is 0.286. The lowest BCUT2D eigenvalue weighted by Crippen LogP contribution is -2.24. The van der Waals surface area contributed by atoms with E-state index in [2.05, 4.69) is 35.4 Å². The molecular weight excluding hydrogens is 312 g/mol. The van der Waals surface area contributed by atoms with Crippen LogP contribution in [0.25, 0.3) is 0 Å². The Hall–Kier alpha value is -2.59. The smallest absolute Gasteiger partial charge is 0.145 e. The molecule has 1 N–H and O–H groups in total. The molecule has 1 aliphatic rings. The summed E-state index contributed by atoms with van der Waals surface area (Å²) in [5, 5.41) is 3.67. The average Bonchev–Trinajstić information content (AvgIpc) is 3.12. The lowest BCUT2D eigenvalue weighted by atomic mass is 9.93. The van der Waals surface area contributed by atoms with E-state index < -0.39 is 0 Å². The molecule has 0 amide bonds. The van der Waals surface area contributed by atoms with Gasteiger partial charge in [0.2, 0.25) is 0 Å². The fourth-order valence-corrected chi connectivity index (χ4v) is 3.41. The van der Waals surface area contributed by atoms with Gasteiger partial charge in [-0.05, 0) is 55.2 Å². The highest BCUT2D eigenvalue weighted by Crippen LogP contribution is 2.31. The van der Waals surface area contributed by atoms with E-state index in [1.54, 1.807) is 18.7 Å². The van der Waals surface area contributed by atoms with Crippen LogP contribution in [0.4, 0.5) is 0 Å². The molecule has 0 aliphatic heterocycles. The number of rotatable bonds is 5. The predicted octanol–water partition coefficient (Wildman–Crippen LogP) is 4.94. The Kier molecular flexibility index (Phi) is 4.53. The molecule has 2 aromatic heterocycles. The number of pyridine rings is 1.